The number of carbonyl (C=O) groups excluding carboxylic acids is 1. The lowest BCUT2D eigenvalue weighted by molar-refractivity contribution is -0.121. The molecule has 25 heavy (non-hydrogen) atoms. The van der Waals surface area contributed by atoms with Crippen LogP contribution in [0.4, 0.5) is 10.1 Å². The van der Waals surface area contributed by atoms with Gasteiger partial charge < -0.3 is 10.1 Å². The minimum absolute atomic E-state index is 0.0137. The summed E-state index contributed by atoms with van der Waals surface area (Å²) in [7, 11) is 0. The van der Waals surface area contributed by atoms with Crippen molar-refractivity contribution in [1.29, 1.82) is 0 Å². The van der Waals surface area contributed by atoms with Gasteiger partial charge in [-0.2, -0.15) is 0 Å². The van der Waals surface area contributed by atoms with Crippen LogP contribution in [0.3, 0.4) is 0 Å². The van der Waals surface area contributed by atoms with Crippen molar-refractivity contribution in [3.05, 3.63) is 59.4 Å². The molecule has 0 atom stereocenters. The molecule has 0 radical (unpaired) electrons. The standard InChI is InChI=1S/C21H24FNO2/c1-3-25-19-11-10-18(14-15(19)2)23-20(24)21(12-4-5-13-21)16-6-8-17(22)9-7-16/h6-11,14H,3-5,12-13H2,1-2H3,(H,23,24). The summed E-state index contributed by atoms with van der Waals surface area (Å²) in [6, 6.07) is 12.0. The third-order valence-corrected chi connectivity index (χ3v) is 5.02. The Morgan fingerprint density at radius 2 is 1.84 bits per heavy atom. The zero-order valence-corrected chi connectivity index (χ0v) is 14.8. The predicted molar refractivity (Wildman–Crippen MR) is 97.5 cm³/mol. The lowest BCUT2D eigenvalue weighted by atomic mass is 9.78. The van der Waals surface area contributed by atoms with Gasteiger partial charge in [0.25, 0.3) is 0 Å². The molecular weight excluding hydrogens is 317 g/mol. The molecule has 3 nitrogen and oxygen atoms in total. The number of aryl methyl sites for hydroxylation is 1. The number of carbonyl (C=O) groups is 1. The average molecular weight is 341 g/mol. The van der Waals surface area contributed by atoms with E-state index < -0.39 is 5.41 Å². The highest BCUT2D eigenvalue weighted by atomic mass is 19.1. The number of amides is 1. The van der Waals surface area contributed by atoms with Crippen molar-refractivity contribution in [2.75, 3.05) is 11.9 Å². The van der Waals surface area contributed by atoms with E-state index in [2.05, 4.69) is 5.32 Å². The minimum atomic E-state index is -0.569. The number of ether oxygens (including phenoxy) is 1. The Balaban J connectivity index is 1.84. The van der Waals surface area contributed by atoms with E-state index in [0.29, 0.717) is 6.61 Å². The van der Waals surface area contributed by atoms with E-state index >= 15 is 0 Å². The van der Waals surface area contributed by atoms with Gasteiger partial charge in [-0.1, -0.05) is 25.0 Å². The van der Waals surface area contributed by atoms with Crippen LogP contribution in [0.25, 0.3) is 0 Å². The van der Waals surface area contributed by atoms with E-state index in [0.717, 1.165) is 48.2 Å². The second-order valence-corrected chi connectivity index (χ2v) is 6.66. The largest absolute Gasteiger partial charge is 0.494 e. The molecule has 2 aromatic rings. The van der Waals surface area contributed by atoms with Crippen LogP contribution in [0.2, 0.25) is 0 Å². The van der Waals surface area contributed by atoms with Gasteiger partial charge in [0.05, 0.1) is 12.0 Å². The quantitative estimate of drug-likeness (QED) is 0.832. The average Bonchev–Trinajstić information content (AvgIpc) is 3.09. The van der Waals surface area contributed by atoms with Crippen LogP contribution >= 0.6 is 0 Å². The van der Waals surface area contributed by atoms with Crippen LogP contribution in [0.1, 0.15) is 43.7 Å². The SMILES string of the molecule is CCOc1ccc(NC(=O)C2(c3ccc(F)cc3)CCCC2)cc1C. The van der Waals surface area contributed by atoms with Crippen molar-refractivity contribution < 1.29 is 13.9 Å². The van der Waals surface area contributed by atoms with E-state index in [1.165, 1.54) is 12.1 Å². The van der Waals surface area contributed by atoms with Crippen LogP contribution in [0.5, 0.6) is 5.75 Å². The summed E-state index contributed by atoms with van der Waals surface area (Å²) < 4.78 is 18.8. The van der Waals surface area contributed by atoms with Crippen molar-refractivity contribution >= 4 is 11.6 Å². The molecule has 2 aromatic carbocycles. The molecule has 0 spiro atoms. The maximum Gasteiger partial charge on any atom is 0.235 e. The van der Waals surface area contributed by atoms with Crippen LogP contribution in [-0.2, 0) is 10.2 Å². The molecule has 1 aliphatic carbocycles. The molecule has 0 heterocycles. The molecule has 0 saturated heterocycles. The molecule has 1 saturated carbocycles. The zero-order valence-electron chi connectivity index (χ0n) is 14.8. The molecule has 4 heteroatoms. The number of anilines is 1. The van der Waals surface area contributed by atoms with Gasteiger partial charge in [-0.3, -0.25) is 4.79 Å². The Kier molecular flexibility index (Phi) is 5.07. The van der Waals surface area contributed by atoms with Gasteiger partial charge in [0.1, 0.15) is 11.6 Å². The van der Waals surface area contributed by atoms with Crippen LogP contribution < -0.4 is 10.1 Å². The van der Waals surface area contributed by atoms with Gasteiger partial charge in [-0.05, 0) is 68.1 Å². The van der Waals surface area contributed by atoms with Gasteiger partial charge in [0, 0.05) is 5.69 Å². The smallest absolute Gasteiger partial charge is 0.235 e. The Hall–Kier alpha value is -2.36. The lowest BCUT2D eigenvalue weighted by Gasteiger charge is -2.28. The highest BCUT2D eigenvalue weighted by Gasteiger charge is 2.42. The molecule has 1 aliphatic rings. The maximum absolute atomic E-state index is 13.3. The number of hydrogen-bond donors (Lipinski definition) is 1. The van der Waals surface area contributed by atoms with Gasteiger partial charge in [-0.25, -0.2) is 4.39 Å². The first-order valence-corrected chi connectivity index (χ1v) is 8.86. The number of nitrogens with one attached hydrogen (secondary N) is 1. The van der Waals surface area contributed by atoms with E-state index in [-0.39, 0.29) is 11.7 Å². The predicted octanol–water partition coefficient (Wildman–Crippen LogP) is 4.98. The van der Waals surface area contributed by atoms with Crippen LogP contribution in [0.15, 0.2) is 42.5 Å². The summed E-state index contributed by atoms with van der Waals surface area (Å²) >= 11 is 0. The molecule has 3 rings (SSSR count). The summed E-state index contributed by atoms with van der Waals surface area (Å²) in [6.45, 7) is 4.52. The summed E-state index contributed by atoms with van der Waals surface area (Å²) in [4.78, 5) is 13.1. The molecular formula is C21H24FNO2. The lowest BCUT2D eigenvalue weighted by Crippen LogP contribution is -2.38. The maximum atomic E-state index is 13.3. The van der Waals surface area contributed by atoms with Crippen molar-refractivity contribution in [1.82, 2.24) is 0 Å². The molecule has 1 amide bonds. The Morgan fingerprint density at radius 3 is 2.44 bits per heavy atom. The minimum Gasteiger partial charge on any atom is -0.494 e. The first-order valence-electron chi connectivity index (χ1n) is 8.86. The van der Waals surface area contributed by atoms with Gasteiger partial charge in [0.2, 0.25) is 5.91 Å². The highest BCUT2D eigenvalue weighted by molar-refractivity contribution is 5.99. The van der Waals surface area contributed by atoms with E-state index in [1.54, 1.807) is 12.1 Å². The van der Waals surface area contributed by atoms with Crippen LogP contribution in [0, 0.1) is 12.7 Å². The zero-order chi connectivity index (χ0) is 17.9. The summed E-state index contributed by atoms with van der Waals surface area (Å²) in [5.41, 5.74) is 2.08. The first-order chi connectivity index (χ1) is 12.0. The summed E-state index contributed by atoms with van der Waals surface area (Å²) in [5, 5.41) is 3.06. The second-order valence-electron chi connectivity index (χ2n) is 6.66. The van der Waals surface area contributed by atoms with Crippen LogP contribution in [-0.4, -0.2) is 12.5 Å². The first kappa shape index (κ1) is 17.5. The van der Waals surface area contributed by atoms with Crippen molar-refractivity contribution in [3.63, 3.8) is 0 Å². The Labute approximate surface area is 148 Å². The molecule has 0 aliphatic heterocycles. The fourth-order valence-corrected chi connectivity index (χ4v) is 3.69. The van der Waals surface area contributed by atoms with Crippen molar-refractivity contribution in [2.45, 2.75) is 44.9 Å². The fraction of sp³-hybridized carbons (Fsp3) is 0.381. The Morgan fingerprint density at radius 1 is 1.16 bits per heavy atom. The van der Waals surface area contributed by atoms with Gasteiger partial charge in [-0.15, -0.1) is 0 Å². The van der Waals surface area contributed by atoms with E-state index in [1.807, 2.05) is 32.0 Å². The normalized spacial score (nSPS) is 15.8. The molecule has 132 valence electrons. The molecule has 0 bridgehead atoms. The van der Waals surface area contributed by atoms with Crippen molar-refractivity contribution in [3.8, 4) is 5.75 Å². The van der Waals surface area contributed by atoms with Crippen molar-refractivity contribution in [2.24, 2.45) is 0 Å². The molecule has 1 N–H and O–H groups in total. The topological polar surface area (TPSA) is 38.3 Å². The Bertz CT molecular complexity index is 749. The molecule has 0 aromatic heterocycles. The summed E-state index contributed by atoms with van der Waals surface area (Å²) in [5.74, 6) is 0.536. The summed E-state index contributed by atoms with van der Waals surface area (Å²) in [6.07, 6.45) is 3.60. The van der Waals surface area contributed by atoms with Gasteiger partial charge in [0.15, 0.2) is 0 Å². The third kappa shape index (κ3) is 3.53. The molecule has 1 fully saturated rings. The number of benzene rings is 2. The third-order valence-electron chi connectivity index (χ3n) is 5.02. The highest BCUT2D eigenvalue weighted by Crippen LogP contribution is 2.42. The fourth-order valence-electron chi connectivity index (χ4n) is 3.69. The van der Waals surface area contributed by atoms with E-state index in [9.17, 15) is 9.18 Å². The second kappa shape index (κ2) is 7.26. The number of halogens is 1. The molecule has 0 unspecified atom stereocenters. The number of hydrogen-bond acceptors (Lipinski definition) is 2. The number of rotatable bonds is 5. The van der Waals surface area contributed by atoms with Gasteiger partial charge >= 0.3 is 0 Å². The van der Waals surface area contributed by atoms with E-state index in [4.69, 9.17) is 4.74 Å². The monoisotopic (exact) mass is 341 g/mol.